The van der Waals surface area contributed by atoms with Crippen molar-refractivity contribution in [2.45, 2.75) is 45.8 Å². The molecule has 0 aromatic carbocycles. The highest BCUT2D eigenvalue weighted by atomic mass is 16.5. The molecule has 7 heteroatoms. The number of rotatable bonds is 3. The second-order valence-electron chi connectivity index (χ2n) is 7.88. The number of fused-ring (bicyclic) bond motifs is 1. The van der Waals surface area contributed by atoms with E-state index >= 15 is 0 Å². The minimum absolute atomic E-state index is 0.0389. The van der Waals surface area contributed by atoms with E-state index in [0.29, 0.717) is 6.54 Å². The number of aliphatic imine (C=N–C) groups is 2. The Balaban J connectivity index is 1.61. The van der Waals surface area contributed by atoms with E-state index < -0.39 is 0 Å². The lowest BCUT2D eigenvalue weighted by Gasteiger charge is -2.28. The highest BCUT2D eigenvalue weighted by Gasteiger charge is 2.49. The first-order chi connectivity index (χ1) is 13.0. The van der Waals surface area contributed by atoms with Crippen LogP contribution in [0.2, 0.25) is 0 Å². The van der Waals surface area contributed by atoms with Crippen LogP contribution >= 0.6 is 0 Å². The predicted molar refractivity (Wildman–Crippen MR) is 106 cm³/mol. The summed E-state index contributed by atoms with van der Waals surface area (Å²) in [4.78, 5) is 24.5. The number of amidine groups is 1. The summed E-state index contributed by atoms with van der Waals surface area (Å²) in [6.07, 6.45) is 6.01. The van der Waals surface area contributed by atoms with Crippen LogP contribution in [0.25, 0.3) is 0 Å². The highest BCUT2D eigenvalue weighted by Crippen LogP contribution is 2.37. The molecular formula is C20H29N5O2. The fourth-order valence-electron chi connectivity index (χ4n) is 4.61. The van der Waals surface area contributed by atoms with Gasteiger partial charge in [0.2, 0.25) is 5.91 Å². The molecule has 5 unspecified atom stereocenters. The van der Waals surface area contributed by atoms with Gasteiger partial charge in [-0.15, -0.1) is 0 Å². The molecular weight excluding hydrogens is 342 g/mol. The van der Waals surface area contributed by atoms with Gasteiger partial charge in [-0.05, 0) is 26.2 Å². The van der Waals surface area contributed by atoms with Gasteiger partial charge in [-0.3, -0.25) is 24.7 Å². The summed E-state index contributed by atoms with van der Waals surface area (Å²) in [5.41, 5.74) is 2.01. The van der Waals surface area contributed by atoms with Crippen molar-refractivity contribution in [2.24, 2.45) is 32.8 Å². The summed E-state index contributed by atoms with van der Waals surface area (Å²) in [5.74, 6) is 1.16. The van der Waals surface area contributed by atoms with Crippen molar-refractivity contribution in [3.63, 3.8) is 0 Å². The van der Waals surface area contributed by atoms with E-state index in [0.717, 1.165) is 43.2 Å². The lowest BCUT2D eigenvalue weighted by atomic mass is 9.83. The third-order valence-electron chi connectivity index (χ3n) is 6.17. The smallest absolute Gasteiger partial charge is 0.238 e. The SMILES string of the molecule is CCN1CCC(N2C(=O)C3C(=NC(C4C=NCC(OC)C4)=CC3C)C2C)=N1. The number of ether oxygens (including phenoxy) is 1. The number of hydrogen-bond acceptors (Lipinski definition) is 6. The van der Waals surface area contributed by atoms with Crippen molar-refractivity contribution >= 4 is 23.7 Å². The van der Waals surface area contributed by atoms with Gasteiger partial charge in [0, 0.05) is 44.4 Å². The Hall–Kier alpha value is -2.02. The van der Waals surface area contributed by atoms with Gasteiger partial charge in [-0.25, -0.2) is 0 Å². The first-order valence-corrected chi connectivity index (χ1v) is 10.0. The molecule has 146 valence electrons. The normalized spacial score (nSPS) is 35.9. The van der Waals surface area contributed by atoms with E-state index in [4.69, 9.17) is 9.73 Å². The van der Waals surface area contributed by atoms with Crippen LogP contribution in [0, 0.1) is 17.8 Å². The molecule has 0 spiro atoms. The molecule has 5 atom stereocenters. The summed E-state index contributed by atoms with van der Waals surface area (Å²) in [6, 6.07) is -0.0389. The Bertz CT molecular complexity index is 741. The molecule has 4 heterocycles. The van der Waals surface area contributed by atoms with Gasteiger partial charge >= 0.3 is 0 Å². The van der Waals surface area contributed by atoms with Crippen LogP contribution in [0.4, 0.5) is 0 Å². The molecule has 7 nitrogen and oxygen atoms in total. The van der Waals surface area contributed by atoms with Crippen LogP contribution in [0.1, 0.15) is 33.6 Å². The number of hydrazone groups is 1. The van der Waals surface area contributed by atoms with E-state index in [1.165, 1.54) is 0 Å². The summed E-state index contributed by atoms with van der Waals surface area (Å²) < 4.78 is 5.50. The molecule has 1 saturated heterocycles. The van der Waals surface area contributed by atoms with Crippen LogP contribution in [-0.2, 0) is 9.53 Å². The standard InChI is InChI=1S/C20H29N5O2/c1-5-24-7-6-17(23-24)25-13(3)19-18(20(25)26)12(2)8-16(22-19)14-9-15(27-4)11-21-10-14/h8,10,12-15,18H,5-7,9,11H2,1-4H3. The summed E-state index contributed by atoms with van der Waals surface area (Å²) >= 11 is 0. The van der Waals surface area contributed by atoms with Crippen molar-refractivity contribution in [2.75, 3.05) is 26.7 Å². The van der Waals surface area contributed by atoms with Crippen molar-refractivity contribution < 1.29 is 9.53 Å². The number of carbonyl (C=O) groups excluding carboxylic acids is 1. The van der Waals surface area contributed by atoms with E-state index in [1.54, 1.807) is 7.11 Å². The molecule has 27 heavy (non-hydrogen) atoms. The van der Waals surface area contributed by atoms with Crippen molar-refractivity contribution in [1.82, 2.24) is 9.91 Å². The van der Waals surface area contributed by atoms with E-state index in [2.05, 4.69) is 36.9 Å². The van der Waals surface area contributed by atoms with E-state index in [-0.39, 0.29) is 35.8 Å². The molecule has 1 fully saturated rings. The van der Waals surface area contributed by atoms with Gasteiger partial charge in [0.1, 0.15) is 5.84 Å². The average Bonchev–Trinajstić information content (AvgIpc) is 3.24. The average molecular weight is 371 g/mol. The van der Waals surface area contributed by atoms with Crippen molar-refractivity contribution in [3.8, 4) is 0 Å². The number of nitrogens with zero attached hydrogens (tertiary/aromatic N) is 5. The first-order valence-electron chi connectivity index (χ1n) is 10.0. The summed E-state index contributed by atoms with van der Waals surface area (Å²) in [5, 5.41) is 6.67. The van der Waals surface area contributed by atoms with Gasteiger partial charge in [0.15, 0.2) is 0 Å². The molecule has 4 aliphatic heterocycles. The first kappa shape index (κ1) is 18.3. The van der Waals surface area contributed by atoms with Crippen molar-refractivity contribution in [1.29, 1.82) is 0 Å². The Labute approximate surface area is 160 Å². The zero-order chi connectivity index (χ0) is 19.1. The minimum atomic E-state index is -0.166. The molecule has 4 rings (SSSR count). The lowest BCUT2D eigenvalue weighted by molar-refractivity contribution is -0.128. The predicted octanol–water partition coefficient (Wildman–Crippen LogP) is 1.95. The van der Waals surface area contributed by atoms with Gasteiger partial charge in [-0.1, -0.05) is 13.0 Å². The highest BCUT2D eigenvalue weighted by molar-refractivity contribution is 6.20. The largest absolute Gasteiger partial charge is 0.379 e. The third kappa shape index (κ3) is 3.12. The molecule has 0 saturated carbocycles. The molecule has 0 bridgehead atoms. The number of allylic oxidation sites excluding steroid dienone is 2. The van der Waals surface area contributed by atoms with Crippen LogP contribution in [-0.4, -0.2) is 72.5 Å². The van der Waals surface area contributed by atoms with Crippen LogP contribution in [0.15, 0.2) is 26.9 Å². The molecule has 0 aromatic heterocycles. The summed E-state index contributed by atoms with van der Waals surface area (Å²) in [7, 11) is 1.74. The molecule has 1 amide bonds. The number of likely N-dealkylation sites (tertiary alicyclic amines) is 1. The fraction of sp³-hybridized carbons (Fsp3) is 0.700. The van der Waals surface area contributed by atoms with Gasteiger partial charge in [-0.2, -0.15) is 5.10 Å². The van der Waals surface area contributed by atoms with E-state index in [9.17, 15) is 4.79 Å². The summed E-state index contributed by atoms with van der Waals surface area (Å²) in [6.45, 7) is 8.75. The van der Waals surface area contributed by atoms with Gasteiger partial charge < -0.3 is 4.74 Å². The van der Waals surface area contributed by atoms with Gasteiger partial charge in [0.25, 0.3) is 0 Å². The van der Waals surface area contributed by atoms with Crippen LogP contribution < -0.4 is 0 Å². The third-order valence-corrected chi connectivity index (χ3v) is 6.17. The number of methoxy groups -OCH3 is 1. The zero-order valence-electron chi connectivity index (χ0n) is 16.6. The zero-order valence-corrected chi connectivity index (χ0v) is 16.6. The Morgan fingerprint density at radius 3 is 2.85 bits per heavy atom. The van der Waals surface area contributed by atoms with Crippen LogP contribution in [0.3, 0.4) is 0 Å². The molecule has 0 N–H and O–H groups in total. The maximum atomic E-state index is 13.2. The maximum Gasteiger partial charge on any atom is 0.238 e. The molecule has 4 aliphatic rings. The number of hydrogen-bond donors (Lipinski definition) is 0. The quantitative estimate of drug-likeness (QED) is 0.761. The second kappa shape index (κ2) is 7.19. The van der Waals surface area contributed by atoms with Crippen molar-refractivity contribution in [3.05, 3.63) is 11.8 Å². The Morgan fingerprint density at radius 2 is 2.15 bits per heavy atom. The number of carbonyl (C=O) groups is 1. The number of amides is 1. The molecule has 0 radical (unpaired) electrons. The molecule has 0 aromatic rings. The second-order valence-corrected chi connectivity index (χ2v) is 7.88. The Kier molecular flexibility index (Phi) is 4.88. The van der Waals surface area contributed by atoms with Gasteiger partial charge in [0.05, 0.1) is 30.3 Å². The monoisotopic (exact) mass is 371 g/mol. The minimum Gasteiger partial charge on any atom is -0.379 e. The fourth-order valence-corrected chi connectivity index (χ4v) is 4.61. The topological polar surface area (TPSA) is 69.9 Å². The lowest BCUT2D eigenvalue weighted by Crippen LogP contribution is -2.38. The Morgan fingerprint density at radius 1 is 1.33 bits per heavy atom. The maximum absolute atomic E-state index is 13.2. The van der Waals surface area contributed by atoms with Crippen LogP contribution in [0.5, 0.6) is 0 Å². The van der Waals surface area contributed by atoms with E-state index in [1.807, 2.05) is 16.1 Å². The molecule has 0 aliphatic carbocycles.